The lowest BCUT2D eigenvalue weighted by Crippen LogP contribution is -2.45. The summed E-state index contributed by atoms with van der Waals surface area (Å²) in [6, 6.07) is -0.864. The molecule has 3 amide bonds. The van der Waals surface area contributed by atoms with Gasteiger partial charge in [0, 0.05) is 6.42 Å². The van der Waals surface area contributed by atoms with Gasteiger partial charge in [-0.15, -0.1) is 0 Å². The lowest BCUT2D eigenvalue weighted by Gasteiger charge is -2.04. The Kier molecular flexibility index (Phi) is 4.43. The molecule has 0 rings (SSSR count). The standard InChI is InChI=1S/C6H12N4O2/c1-2-3-4(11)9-5(7)10-6(8)12/h2-3H2,1H3,(H5,7,8,9,10,11,12). The molecule has 0 atom stereocenters. The summed E-state index contributed by atoms with van der Waals surface area (Å²) in [4.78, 5) is 21.0. The van der Waals surface area contributed by atoms with Crippen LogP contribution < -0.4 is 16.4 Å². The maximum absolute atomic E-state index is 10.8. The highest BCUT2D eigenvalue weighted by atomic mass is 16.2. The Morgan fingerprint density at radius 2 is 2.00 bits per heavy atom. The number of primary amides is 1. The number of hydrogen-bond acceptors (Lipinski definition) is 3. The molecule has 6 nitrogen and oxygen atoms in total. The van der Waals surface area contributed by atoms with E-state index >= 15 is 0 Å². The zero-order chi connectivity index (χ0) is 9.56. The van der Waals surface area contributed by atoms with E-state index in [-0.39, 0.29) is 11.9 Å². The van der Waals surface area contributed by atoms with Crippen molar-refractivity contribution in [3.63, 3.8) is 0 Å². The van der Waals surface area contributed by atoms with Crippen molar-refractivity contribution in [2.75, 3.05) is 0 Å². The highest BCUT2D eigenvalue weighted by Gasteiger charge is 2.03. The van der Waals surface area contributed by atoms with Gasteiger partial charge < -0.3 is 5.73 Å². The van der Waals surface area contributed by atoms with Gasteiger partial charge in [-0.3, -0.25) is 20.8 Å². The van der Waals surface area contributed by atoms with Gasteiger partial charge in [0.05, 0.1) is 0 Å². The zero-order valence-electron chi connectivity index (χ0n) is 6.81. The van der Waals surface area contributed by atoms with E-state index in [1.54, 1.807) is 0 Å². The van der Waals surface area contributed by atoms with E-state index in [4.69, 9.17) is 11.1 Å². The predicted molar refractivity (Wildman–Crippen MR) is 43.5 cm³/mol. The second kappa shape index (κ2) is 5.11. The number of carbonyl (C=O) groups is 2. The molecule has 0 aliphatic rings. The monoisotopic (exact) mass is 172 g/mol. The molecule has 0 saturated carbocycles. The minimum Gasteiger partial charge on any atom is -0.351 e. The minimum atomic E-state index is -0.864. The smallest absolute Gasteiger partial charge is 0.318 e. The fraction of sp³-hybridized carbons (Fsp3) is 0.500. The molecule has 0 saturated heterocycles. The van der Waals surface area contributed by atoms with Gasteiger partial charge in [-0.2, -0.15) is 0 Å². The van der Waals surface area contributed by atoms with Crippen LogP contribution in [-0.4, -0.2) is 17.9 Å². The van der Waals surface area contributed by atoms with Crippen molar-refractivity contribution in [2.45, 2.75) is 19.8 Å². The number of nitrogens with one attached hydrogen (secondary N) is 3. The summed E-state index contributed by atoms with van der Waals surface area (Å²) >= 11 is 0. The molecule has 0 aliphatic heterocycles. The first kappa shape index (κ1) is 10.4. The van der Waals surface area contributed by atoms with Gasteiger partial charge in [0.15, 0.2) is 0 Å². The Hall–Kier alpha value is -1.59. The first-order valence-electron chi connectivity index (χ1n) is 3.51. The van der Waals surface area contributed by atoms with Crippen molar-refractivity contribution in [1.82, 2.24) is 10.6 Å². The zero-order valence-corrected chi connectivity index (χ0v) is 6.81. The van der Waals surface area contributed by atoms with E-state index in [1.807, 2.05) is 12.2 Å². The van der Waals surface area contributed by atoms with Crippen molar-refractivity contribution >= 4 is 17.9 Å². The number of rotatable bonds is 2. The summed E-state index contributed by atoms with van der Waals surface area (Å²) in [6.45, 7) is 1.84. The van der Waals surface area contributed by atoms with Crippen molar-refractivity contribution in [3.05, 3.63) is 0 Å². The number of nitrogens with two attached hydrogens (primary N) is 1. The molecular weight excluding hydrogens is 160 g/mol. The molecule has 6 heteroatoms. The van der Waals surface area contributed by atoms with E-state index in [1.165, 1.54) is 0 Å². The first-order valence-corrected chi connectivity index (χ1v) is 3.51. The summed E-state index contributed by atoms with van der Waals surface area (Å²) in [7, 11) is 0. The largest absolute Gasteiger partial charge is 0.351 e. The number of carbonyl (C=O) groups excluding carboxylic acids is 2. The number of guanidine groups is 1. The van der Waals surface area contributed by atoms with E-state index in [0.717, 1.165) is 0 Å². The van der Waals surface area contributed by atoms with Gasteiger partial charge in [-0.1, -0.05) is 6.92 Å². The number of urea groups is 1. The first-order chi connectivity index (χ1) is 5.56. The van der Waals surface area contributed by atoms with Crippen molar-refractivity contribution < 1.29 is 9.59 Å². The molecule has 0 aromatic heterocycles. The van der Waals surface area contributed by atoms with Crippen LogP contribution in [-0.2, 0) is 4.79 Å². The molecule has 0 aliphatic carbocycles. The Bertz CT molecular complexity index is 202. The van der Waals surface area contributed by atoms with Gasteiger partial charge in [0.25, 0.3) is 0 Å². The van der Waals surface area contributed by atoms with Crippen molar-refractivity contribution in [1.29, 1.82) is 5.41 Å². The Balaban J connectivity index is 3.69. The van der Waals surface area contributed by atoms with Gasteiger partial charge in [-0.25, -0.2) is 4.79 Å². The van der Waals surface area contributed by atoms with Crippen LogP contribution >= 0.6 is 0 Å². The quantitative estimate of drug-likeness (QED) is 0.333. The predicted octanol–water partition coefficient (Wildman–Crippen LogP) is -0.494. The number of hydrogen-bond donors (Lipinski definition) is 4. The Labute approximate surface area is 70.0 Å². The van der Waals surface area contributed by atoms with E-state index < -0.39 is 6.03 Å². The maximum Gasteiger partial charge on any atom is 0.318 e. The minimum absolute atomic E-state index is 0.309. The fourth-order valence-corrected chi connectivity index (χ4v) is 0.583. The maximum atomic E-state index is 10.8. The Morgan fingerprint density at radius 1 is 1.42 bits per heavy atom. The molecule has 0 fully saturated rings. The van der Waals surface area contributed by atoms with Crippen LogP contribution in [0.25, 0.3) is 0 Å². The summed E-state index contributed by atoms with van der Waals surface area (Å²) in [6.07, 6.45) is 1.01. The average Bonchev–Trinajstić information content (AvgIpc) is 1.84. The van der Waals surface area contributed by atoms with Crippen LogP contribution in [0, 0.1) is 5.41 Å². The van der Waals surface area contributed by atoms with E-state index in [9.17, 15) is 9.59 Å². The van der Waals surface area contributed by atoms with Crippen LogP contribution in [0.15, 0.2) is 0 Å². The van der Waals surface area contributed by atoms with Crippen LogP contribution in [0.2, 0.25) is 0 Å². The summed E-state index contributed by atoms with van der Waals surface area (Å²) in [5, 5.41) is 11.1. The molecule has 0 spiro atoms. The molecule has 0 radical (unpaired) electrons. The van der Waals surface area contributed by atoms with Crippen LogP contribution in [0.1, 0.15) is 19.8 Å². The van der Waals surface area contributed by atoms with E-state index in [2.05, 4.69) is 5.32 Å². The van der Waals surface area contributed by atoms with Gasteiger partial charge in [0.2, 0.25) is 11.9 Å². The molecule has 0 bridgehead atoms. The highest BCUT2D eigenvalue weighted by Crippen LogP contribution is 1.84. The normalized spacial score (nSPS) is 8.75. The fourth-order valence-electron chi connectivity index (χ4n) is 0.583. The second-order valence-electron chi connectivity index (χ2n) is 2.16. The van der Waals surface area contributed by atoms with Gasteiger partial charge >= 0.3 is 6.03 Å². The molecule has 68 valence electrons. The molecule has 5 N–H and O–H groups in total. The SMILES string of the molecule is CCCC(=O)NC(=N)NC(N)=O. The van der Waals surface area contributed by atoms with Gasteiger partial charge in [0.1, 0.15) is 0 Å². The molecule has 0 aromatic rings. The van der Waals surface area contributed by atoms with E-state index in [0.29, 0.717) is 12.8 Å². The third-order valence-corrected chi connectivity index (χ3v) is 0.990. The average molecular weight is 172 g/mol. The Morgan fingerprint density at radius 3 is 2.42 bits per heavy atom. The molecule has 12 heavy (non-hydrogen) atoms. The third kappa shape index (κ3) is 5.21. The van der Waals surface area contributed by atoms with Crippen LogP contribution in [0.4, 0.5) is 4.79 Å². The lowest BCUT2D eigenvalue weighted by molar-refractivity contribution is -0.119. The van der Waals surface area contributed by atoms with Crippen molar-refractivity contribution in [3.8, 4) is 0 Å². The third-order valence-electron chi connectivity index (χ3n) is 0.990. The van der Waals surface area contributed by atoms with Crippen molar-refractivity contribution in [2.24, 2.45) is 5.73 Å². The molecule has 0 heterocycles. The van der Waals surface area contributed by atoms with Gasteiger partial charge in [-0.05, 0) is 6.42 Å². The number of amides is 3. The highest BCUT2D eigenvalue weighted by molar-refractivity contribution is 6.02. The lowest BCUT2D eigenvalue weighted by atomic mass is 10.3. The summed E-state index contributed by atoms with van der Waals surface area (Å²) in [5.74, 6) is -0.697. The van der Waals surface area contributed by atoms with Crippen LogP contribution in [0.5, 0.6) is 0 Å². The summed E-state index contributed by atoms with van der Waals surface area (Å²) in [5.41, 5.74) is 4.70. The second-order valence-corrected chi connectivity index (χ2v) is 2.16. The molecule has 0 unspecified atom stereocenters. The van der Waals surface area contributed by atoms with Crippen LogP contribution in [0.3, 0.4) is 0 Å². The summed E-state index contributed by atoms with van der Waals surface area (Å²) < 4.78 is 0. The molecule has 0 aromatic carbocycles. The topological polar surface area (TPSA) is 108 Å². The molecular formula is C6H12N4O2.